The number of carbonyl (C=O) groups is 1. The van der Waals surface area contributed by atoms with Crippen LogP contribution in [0, 0.1) is 0 Å². The summed E-state index contributed by atoms with van der Waals surface area (Å²) in [6.07, 6.45) is 1.86. The van der Waals surface area contributed by atoms with Crippen LogP contribution in [0.4, 0.5) is 0 Å². The number of nitrogens with zero attached hydrogens (tertiary/aromatic N) is 1. The smallest absolute Gasteiger partial charge is 0.274 e. The van der Waals surface area contributed by atoms with E-state index in [1.165, 1.54) is 0 Å². The first-order chi connectivity index (χ1) is 10.2. The predicted octanol–water partition coefficient (Wildman–Crippen LogP) is 2.94. The Labute approximate surface area is 128 Å². The molecule has 1 N–H and O–H groups in total. The third-order valence-electron chi connectivity index (χ3n) is 3.28. The highest BCUT2D eigenvalue weighted by Gasteiger charge is 2.29. The minimum Gasteiger partial charge on any atom is -0.309 e. The maximum Gasteiger partial charge on any atom is 0.274 e. The van der Waals surface area contributed by atoms with E-state index in [1.807, 2.05) is 71.6 Å². The van der Waals surface area contributed by atoms with Gasteiger partial charge in [0.05, 0.1) is 6.54 Å². The second kappa shape index (κ2) is 5.89. The van der Waals surface area contributed by atoms with Gasteiger partial charge in [-0.05, 0) is 29.4 Å². The van der Waals surface area contributed by atoms with Gasteiger partial charge >= 0.3 is 0 Å². The van der Waals surface area contributed by atoms with Crippen LogP contribution < -0.4 is 5.32 Å². The lowest BCUT2D eigenvalue weighted by atomic mass is 10.1. The first-order valence-electron chi connectivity index (χ1n) is 6.67. The van der Waals surface area contributed by atoms with E-state index in [1.54, 1.807) is 0 Å². The van der Waals surface area contributed by atoms with Crippen LogP contribution in [0.5, 0.6) is 0 Å². The first kappa shape index (κ1) is 13.5. The number of hydrogen-bond acceptors (Lipinski definition) is 2. The lowest BCUT2D eigenvalue weighted by molar-refractivity contribution is -0.115. The van der Waals surface area contributed by atoms with Gasteiger partial charge in [0, 0.05) is 0 Å². The largest absolute Gasteiger partial charge is 0.309 e. The van der Waals surface area contributed by atoms with E-state index >= 15 is 0 Å². The lowest BCUT2D eigenvalue weighted by Gasteiger charge is -2.17. The summed E-state index contributed by atoms with van der Waals surface area (Å²) in [5, 5.41) is 3.16. The minimum atomic E-state index is -0.153. The Bertz CT molecular complexity index is 695. The van der Waals surface area contributed by atoms with E-state index in [-0.39, 0.29) is 5.91 Å². The van der Waals surface area contributed by atoms with E-state index < -0.39 is 0 Å². The molecule has 0 atom stereocenters. The standard InChI is InChI=1S/C17H14N2OS/c20-16-15(11-13-7-3-1-4-8-13)19(17(21)18-16)12-14-9-5-2-6-10-14/h1-11H,12H2,(H,18,20,21)/b15-11+. The topological polar surface area (TPSA) is 32.3 Å². The molecule has 1 heterocycles. The maximum absolute atomic E-state index is 12.1. The van der Waals surface area contributed by atoms with Gasteiger partial charge in [0.25, 0.3) is 5.91 Å². The lowest BCUT2D eigenvalue weighted by Crippen LogP contribution is -2.26. The summed E-state index contributed by atoms with van der Waals surface area (Å²) < 4.78 is 0. The second-order valence-electron chi connectivity index (χ2n) is 4.77. The number of rotatable bonds is 3. The maximum atomic E-state index is 12.1. The number of hydrogen-bond donors (Lipinski definition) is 1. The molecule has 1 saturated heterocycles. The summed E-state index contributed by atoms with van der Waals surface area (Å²) in [5.74, 6) is -0.153. The van der Waals surface area contributed by atoms with Gasteiger partial charge in [-0.15, -0.1) is 0 Å². The minimum absolute atomic E-state index is 0.153. The molecule has 0 aliphatic carbocycles. The van der Waals surface area contributed by atoms with Gasteiger partial charge in [0.15, 0.2) is 5.11 Å². The first-order valence-corrected chi connectivity index (χ1v) is 7.08. The summed E-state index contributed by atoms with van der Waals surface area (Å²) in [6.45, 7) is 0.580. The van der Waals surface area contributed by atoms with Gasteiger partial charge in [0.2, 0.25) is 0 Å². The molecule has 1 amide bonds. The fourth-order valence-electron chi connectivity index (χ4n) is 2.23. The molecule has 1 aliphatic rings. The van der Waals surface area contributed by atoms with E-state index in [4.69, 9.17) is 12.2 Å². The zero-order valence-electron chi connectivity index (χ0n) is 11.3. The van der Waals surface area contributed by atoms with Gasteiger partial charge < -0.3 is 4.90 Å². The van der Waals surface area contributed by atoms with Crippen molar-refractivity contribution in [1.82, 2.24) is 10.2 Å². The van der Waals surface area contributed by atoms with Gasteiger partial charge in [0.1, 0.15) is 5.70 Å². The zero-order chi connectivity index (χ0) is 14.7. The third-order valence-corrected chi connectivity index (χ3v) is 3.60. The molecule has 4 heteroatoms. The summed E-state index contributed by atoms with van der Waals surface area (Å²) in [6, 6.07) is 19.7. The van der Waals surface area contributed by atoms with Crippen molar-refractivity contribution < 1.29 is 4.79 Å². The molecule has 21 heavy (non-hydrogen) atoms. The van der Waals surface area contributed by atoms with Crippen LogP contribution in [-0.2, 0) is 11.3 Å². The molecule has 3 nitrogen and oxygen atoms in total. The van der Waals surface area contributed by atoms with Crippen molar-refractivity contribution in [2.75, 3.05) is 0 Å². The molecule has 1 fully saturated rings. The Morgan fingerprint density at radius 2 is 1.62 bits per heavy atom. The van der Waals surface area contributed by atoms with E-state index in [9.17, 15) is 4.79 Å². The average Bonchev–Trinajstić information content (AvgIpc) is 2.76. The molecular weight excluding hydrogens is 280 g/mol. The Hall–Kier alpha value is -2.46. The van der Waals surface area contributed by atoms with Crippen LogP contribution in [-0.4, -0.2) is 15.9 Å². The summed E-state index contributed by atoms with van der Waals surface area (Å²) >= 11 is 5.26. The highest BCUT2D eigenvalue weighted by Crippen LogP contribution is 2.20. The Morgan fingerprint density at radius 3 is 2.29 bits per heavy atom. The third kappa shape index (κ3) is 3.01. The molecular formula is C17H14N2OS. The Morgan fingerprint density at radius 1 is 1.00 bits per heavy atom. The summed E-state index contributed by atoms with van der Waals surface area (Å²) in [5.41, 5.74) is 2.66. The van der Waals surface area contributed by atoms with Gasteiger partial charge in [-0.25, -0.2) is 0 Å². The van der Waals surface area contributed by atoms with Crippen LogP contribution >= 0.6 is 12.2 Å². The van der Waals surface area contributed by atoms with Crippen molar-refractivity contribution in [3.05, 3.63) is 77.5 Å². The van der Waals surface area contributed by atoms with Crippen LogP contribution in [0.1, 0.15) is 11.1 Å². The molecule has 0 aromatic heterocycles. The van der Waals surface area contributed by atoms with Gasteiger partial charge in [-0.2, -0.15) is 0 Å². The van der Waals surface area contributed by atoms with Crippen LogP contribution in [0.25, 0.3) is 6.08 Å². The Balaban J connectivity index is 1.91. The van der Waals surface area contributed by atoms with E-state index in [0.717, 1.165) is 11.1 Å². The molecule has 3 rings (SSSR count). The Kier molecular flexibility index (Phi) is 3.79. The molecule has 0 spiro atoms. The molecule has 2 aromatic rings. The number of nitrogens with one attached hydrogen (secondary N) is 1. The van der Waals surface area contributed by atoms with Crippen molar-refractivity contribution in [1.29, 1.82) is 0 Å². The highest BCUT2D eigenvalue weighted by molar-refractivity contribution is 7.80. The van der Waals surface area contributed by atoms with Crippen molar-refractivity contribution in [3.8, 4) is 0 Å². The zero-order valence-corrected chi connectivity index (χ0v) is 12.1. The fraction of sp³-hybridized carbons (Fsp3) is 0.0588. The summed E-state index contributed by atoms with van der Waals surface area (Å²) in [4.78, 5) is 13.9. The van der Waals surface area contributed by atoms with Crippen molar-refractivity contribution >= 4 is 29.3 Å². The number of benzene rings is 2. The van der Waals surface area contributed by atoms with Crippen LogP contribution in [0.2, 0.25) is 0 Å². The average molecular weight is 294 g/mol. The van der Waals surface area contributed by atoms with Crippen molar-refractivity contribution in [3.63, 3.8) is 0 Å². The molecule has 1 aliphatic heterocycles. The molecule has 0 unspecified atom stereocenters. The SMILES string of the molecule is O=C1NC(=S)N(Cc2ccccc2)/C1=C/c1ccccc1. The summed E-state index contributed by atoms with van der Waals surface area (Å²) in [7, 11) is 0. The molecule has 2 aromatic carbocycles. The van der Waals surface area contributed by atoms with Crippen LogP contribution in [0.15, 0.2) is 66.4 Å². The molecule has 0 bridgehead atoms. The van der Waals surface area contributed by atoms with Crippen molar-refractivity contribution in [2.45, 2.75) is 6.54 Å². The normalized spacial score (nSPS) is 16.4. The van der Waals surface area contributed by atoms with Crippen LogP contribution in [0.3, 0.4) is 0 Å². The monoisotopic (exact) mass is 294 g/mol. The highest BCUT2D eigenvalue weighted by atomic mass is 32.1. The van der Waals surface area contributed by atoms with E-state index in [0.29, 0.717) is 17.4 Å². The quantitative estimate of drug-likeness (QED) is 0.698. The second-order valence-corrected chi connectivity index (χ2v) is 5.16. The molecule has 104 valence electrons. The predicted molar refractivity (Wildman–Crippen MR) is 87.1 cm³/mol. The molecule has 0 radical (unpaired) electrons. The van der Waals surface area contributed by atoms with E-state index in [2.05, 4.69) is 5.32 Å². The number of thiocarbonyl (C=S) groups is 1. The van der Waals surface area contributed by atoms with Gasteiger partial charge in [-0.3, -0.25) is 10.1 Å². The van der Waals surface area contributed by atoms with Crippen molar-refractivity contribution in [2.24, 2.45) is 0 Å². The molecule has 0 saturated carbocycles. The number of amides is 1. The number of carbonyl (C=O) groups excluding carboxylic acids is 1. The fourth-order valence-corrected chi connectivity index (χ4v) is 2.49. The van der Waals surface area contributed by atoms with Gasteiger partial charge in [-0.1, -0.05) is 60.7 Å².